The van der Waals surface area contributed by atoms with Crippen molar-refractivity contribution in [3.05, 3.63) is 40.7 Å². The van der Waals surface area contributed by atoms with Gasteiger partial charge in [-0.25, -0.2) is 4.39 Å². The lowest BCUT2D eigenvalue weighted by molar-refractivity contribution is -0.138. The first-order valence-electron chi connectivity index (χ1n) is 8.00. The van der Waals surface area contributed by atoms with Gasteiger partial charge in [-0.1, -0.05) is 11.3 Å². The number of likely N-dealkylation sites (tertiary alicyclic amines) is 1. The quantitative estimate of drug-likeness (QED) is 0.801. The van der Waals surface area contributed by atoms with Gasteiger partial charge in [-0.3, -0.25) is 9.59 Å². The minimum absolute atomic E-state index is 0.211. The molecule has 1 aliphatic rings. The summed E-state index contributed by atoms with van der Waals surface area (Å²) in [5.74, 6) is -1.59. The molecule has 0 spiro atoms. The van der Waals surface area contributed by atoms with Crippen LogP contribution >= 0.6 is 11.3 Å². The van der Waals surface area contributed by atoms with E-state index in [-0.39, 0.29) is 22.4 Å². The molecule has 0 unspecified atom stereocenters. The fourth-order valence-corrected chi connectivity index (χ4v) is 3.33. The Hall–Kier alpha value is -2.56. The van der Waals surface area contributed by atoms with E-state index in [0.29, 0.717) is 31.5 Å². The van der Waals surface area contributed by atoms with Crippen LogP contribution in [-0.2, 0) is 11.0 Å². The number of aromatic nitrogens is 2. The van der Waals surface area contributed by atoms with Gasteiger partial charge in [-0.15, -0.1) is 10.2 Å². The number of benzene rings is 1. The summed E-state index contributed by atoms with van der Waals surface area (Å²) in [5, 5.41) is 7.35. The van der Waals surface area contributed by atoms with Gasteiger partial charge in [-0.05, 0) is 37.1 Å². The minimum Gasteiger partial charge on any atom is -0.339 e. The van der Waals surface area contributed by atoms with E-state index < -0.39 is 28.8 Å². The topological polar surface area (TPSA) is 75.2 Å². The van der Waals surface area contributed by atoms with E-state index in [0.717, 1.165) is 0 Å². The Kier molecular flexibility index (Phi) is 5.40. The van der Waals surface area contributed by atoms with E-state index in [1.165, 1.54) is 24.3 Å². The maximum Gasteiger partial charge on any atom is 0.445 e. The van der Waals surface area contributed by atoms with Crippen LogP contribution in [0.25, 0.3) is 0 Å². The number of amides is 2. The number of halogens is 4. The molecule has 1 aromatic carbocycles. The van der Waals surface area contributed by atoms with Crippen molar-refractivity contribution in [2.45, 2.75) is 19.0 Å². The number of piperidine rings is 1. The van der Waals surface area contributed by atoms with E-state index in [1.807, 2.05) is 0 Å². The highest BCUT2D eigenvalue weighted by Crippen LogP contribution is 2.33. The summed E-state index contributed by atoms with van der Waals surface area (Å²) >= 11 is 0.262. The average Bonchev–Trinajstić information content (AvgIpc) is 3.11. The summed E-state index contributed by atoms with van der Waals surface area (Å²) < 4.78 is 50.5. The molecule has 11 heteroatoms. The third-order valence-electron chi connectivity index (χ3n) is 4.14. The van der Waals surface area contributed by atoms with Crippen LogP contribution < -0.4 is 5.32 Å². The second kappa shape index (κ2) is 7.59. The van der Waals surface area contributed by atoms with Crippen LogP contribution in [0.2, 0.25) is 0 Å². The fraction of sp³-hybridized carbons (Fsp3) is 0.375. The van der Waals surface area contributed by atoms with Crippen LogP contribution in [0.4, 0.5) is 22.7 Å². The van der Waals surface area contributed by atoms with Crippen molar-refractivity contribution in [3.8, 4) is 0 Å². The van der Waals surface area contributed by atoms with Gasteiger partial charge in [0.2, 0.25) is 16.0 Å². The van der Waals surface area contributed by atoms with Crippen LogP contribution in [0.15, 0.2) is 24.3 Å². The summed E-state index contributed by atoms with van der Waals surface area (Å²) in [6.07, 6.45) is -3.87. The molecule has 1 fully saturated rings. The van der Waals surface area contributed by atoms with Gasteiger partial charge in [0, 0.05) is 24.6 Å². The van der Waals surface area contributed by atoms with Crippen molar-refractivity contribution in [3.63, 3.8) is 0 Å². The minimum atomic E-state index is -4.60. The molecule has 0 saturated carbocycles. The summed E-state index contributed by atoms with van der Waals surface area (Å²) in [5.41, 5.74) is 0.354. The molecule has 1 saturated heterocycles. The molecule has 1 N–H and O–H groups in total. The van der Waals surface area contributed by atoms with Crippen LogP contribution in [0.3, 0.4) is 0 Å². The Labute approximate surface area is 155 Å². The van der Waals surface area contributed by atoms with Crippen molar-refractivity contribution in [1.29, 1.82) is 0 Å². The number of carbonyl (C=O) groups is 2. The zero-order valence-corrected chi connectivity index (χ0v) is 14.6. The van der Waals surface area contributed by atoms with E-state index in [2.05, 4.69) is 15.5 Å². The SMILES string of the molecule is O=C(Nc1nnc(C(F)(F)F)s1)C1CCN(C(=O)c2ccc(F)cc2)CC1. The molecule has 144 valence electrons. The average molecular weight is 402 g/mol. The number of carbonyl (C=O) groups excluding carboxylic acids is 2. The molecule has 1 aliphatic heterocycles. The van der Waals surface area contributed by atoms with Crippen molar-refractivity contribution in [2.24, 2.45) is 5.92 Å². The molecule has 2 aromatic rings. The first-order chi connectivity index (χ1) is 12.7. The predicted octanol–water partition coefficient (Wildman–Crippen LogP) is 3.19. The number of hydrogen-bond donors (Lipinski definition) is 1. The van der Waals surface area contributed by atoms with Gasteiger partial charge < -0.3 is 10.2 Å². The molecule has 2 amide bonds. The number of nitrogens with zero attached hydrogens (tertiary/aromatic N) is 3. The summed E-state index contributed by atoms with van der Waals surface area (Å²) in [7, 11) is 0. The number of hydrogen-bond acceptors (Lipinski definition) is 5. The lowest BCUT2D eigenvalue weighted by Gasteiger charge is -2.31. The summed E-state index contributed by atoms with van der Waals surface area (Å²) in [4.78, 5) is 26.1. The number of rotatable bonds is 3. The van der Waals surface area contributed by atoms with Crippen molar-refractivity contribution < 1.29 is 27.2 Å². The first kappa shape index (κ1) is 19.2. The molecule has 1 aromatic heterocycles. The van der Waals surface area contributed by atoms with Crippen LogP contribution in [0.1, 0.15) is 28.2 Å². The monoisotopic (exact) mass is 402 g/mol. The Morgan fingerprint density at radius 2 is 1.74 bits per heavy atom. The lowest BCUT2D eigenvalue weighted by Crippen LogP contribution is -2.41. The van der Waals surface area contributed by atoms with E-state index >= 15 is 0 Å². The van der Waals surface area contributed by atoms with E-state index in [1.54, 1.807) is 4.90 Å². The van der Waals surface area contributed by atoms with Gasteiger partial charge in [0.25, 0.3) is 5.91 Å². The van der Waals surface area contributed by atoms with Gasteiger partial charge in [0.1, 0.15) is 5.82 Å². The molecule has 6 nitrogen and oxygen atoms in total. The van der Waals surface area contributed by atoms with Gasteiger partial charge in [0.05, 0.1) is 0 Å². The molecule has 2 heterocycles. The highest BCUT2D eigenvalue weighted by Gasteiger charge is 2.36. The molecular formula is C16H14F4N4O2S. The molecule has 27 heavy (non-hydrogen) atoms. The second-order valence-corrected chi connectivity index (χ2v) is 6.95. The van der Waals surface area contributed by atoms with Gasteiger partial charge >= 0.3 is 6.18 Å². The number of alkyl halides is 3. The zero-order valence-electron chi connectivity index (χ0n) is 13.8. The first-order valence-corrected chi connectivity index (χ1v) is 8.82. The number of nitrogens with one attached hydrogen (secondary N) is 1. The van der Waals surface area contributed by atoms with E-state index in [9.17, 15) is 27.2 Å². The fourth-order valence-electron chi connectivity index (χ4n) is 2.72. The lowest BCUT2D eigenvalue weighted by atomic mass is 9.95. The summed E-state index contributed by atoms with van der Waals surface area (Å²) in [6, 6.07) is 5.18. The number of anilines is 1. The van der Waals surface area contributed by atoms with Gasteiger partial charge in [0.15, 0.2) is 0 Å². The Morgan fingerprint density at radius 3 is 2.30 bits per heavy atom. The molecule has 3 rings (SSSR count). The second-order valence-electron chi connectivity index (χ2n) is 5.97. The maximum absolute atomic E-state index is 12.9. The third kappa shape index (κ3) is 4.59. The van der Waals surface area contributed by atoms with Crippen LogP contribution in [-0.4, -0.2) is 40.0 Å². The third-order valence-corrected chi connectivity index (χ3v) is 5.03. The highest BCUT2D eigenvalue weighted by molar-refractivity contribution is 7.15. The van der Waals surface area contributed by atoms with Crippen molar-refractivity contribution >= 4 is 28.3 Å². The summed E-state index contributed by atoms with van der Waals surface area (Å²) in [6.45, 7) is 0.635. The van der Waals surface area contributed by atoms with E-state index in [4.69, 9.17) is 0 Å². The molecule has 0 atom stereocenters. The van der Waals surface area contributed by atoms with Crippen LogP contribution in [0, 0.1) is 11.7 Å². The predicted molar refractivity (Wildman–Crippen MR) is 88.6 cm³/mol. The largest absolute Gasteiger partial charge is 0.445 e. The molecule has 0 aliphatic carbocycles. The highest BCUT2D eigenvalue weighted by atomic mass is 32.1. The molecule has 0 bridgehead atoms. The molecule has 0 radical (unpaired) electrons. The Morgan fingerprint density at radius 1 is 1.11 bits per heavy atom. The smallest absolute Gasteiger partial charge is 0.339 e. The van der Waals surface area contributed by atoms with Crippen LogP contribution in [0.5, 0.6) is 0 Å². The van der Waals surface area contributed by atoms with Crippen molar-refractivity contribution in [2.75, 3.05) is 18.4 Å². The Balaban J connectivity index is 1.54. The maximum atomic E-state index is 12.9. The van der Waals surface area contributed by atoms with Gasteiger partial charge in [-0.2, -0.15) is 13.2 Å². The normalized spacial score (nSPS) is 15.6. The standard InChI is InChI=1S/C16H14F4N4O2S/c17-11-3-1-10(2-4-11)13(26)24-7-5-9(6-8-24)12(25)21-15-23-22-14(27-15)16(18,19)20/h1-4,9H,5-8H2,(H,21,23,25). The van der Waals surface area contributed by atoms with Crippen molar-refractivity contribution in [1.82, 2.24) is 15.1 Å². The zero-order chi connectivity index (χ0) is 19.6. The molecular weight excluding hydrogens is 388 g/mol. The Bertz CT molecular complexity index is 830.